The number of amides is 4. The van der Waals surface area contributed by atoms with Crippen LogP contribution in [0.2, 0.25) is 0 Å². The van der Waals surface area contributed by atoms with Crippen molar-refractivity contribution < 1.29 is 58.2 Å². The van der Waals surface area contributed by atoms with E-state index in [2.05, 4.69) is 15.4 Å². The van der Waals surface area contributed by atoms with Gasteiger partial charge in [-0.3, -0.25) is 38.9 Å². The molecule has 0 spiro atoms. The molecule has 6 N–H and O–H groups in total. The standard InChI is InChI=1S/C45H63N5O13/c1-45(2,3)39(48-41(56)28(17-11-12-18-37(54)63-4)21-35(52)33-22-29(50(61)62)19-20-31(33)44(59)60)43(58)49-25-30(51)23-34(49)42(57)47-38(27-15-9-6-10-16-27)36(53)24-32(40(46)55)26-13-7-5-8-14-26/h12,18-20,22,26-28,30,32,34,38-39,51H,5-11,13-17,21,23-25H2,1-4H3,(H2,46,55)(H,47,57)(H,48,56)(H,59,60)/b18-12+/t28-,30-,32+,34+,38+,39-/m1/s1. The molecule has 1 aromatic rings. The molecule has 6 atom stereocenters. The minimum absolute atomic E-state index is 0.0263. The lowest BCUT2D eigenvalue weighted by Gasteiger charge is -2.37. The number of primary amides is 1. The van der Waals surface area contributed by atoms with Gasteiger partial charge in [-0.25, -0.2) is 9.59 Å². The highest BCUT2D eigenvalue weighted by atomic mass is 16.6. The Hall–Kier alpha value is -5.52. The van der Waals surface area contributed by atoms with Crippen LogP contribution in [0.1, 0.15) is 138 Å². The number of nitro groups is 1. The van der Waals surface area contributed by atoms with E-state index in [0.717, 1.165) is 75.6 Å². The molecule has 2 saturated carbocycles. The molecule has 1 aromatic carbocycles. The van der Waals surface area contributed by atoms with E-state index < -0.39 is 111 Å². The number of rotatable bonds is 20. The van der Waals surface area contributed by atoms with E-state index in [1.807, 2.05) is 0 Å². The van der Waals surface area contributed by atoms with Crippen LogP contribution in [0, 0.1) is 39.2 Å². The molecule has 63 heavy (non-hydrogen) atoms. The predicted molar refractivity (Wildman–Crippen MR) is 228 cm³/mol. The predicted octanol–water partition coefficient (Wildman–Crippen LogP) is 4.19. The van der Waals surface area contributed by atoms with Gasteiger partial charge in [0, 0.05) is 61.4 Å². The molecule has 18 nitrogen and oxygen atoms in total. The Bertz CT molecular complexity index is 1910. The lowest BCUT2D eigenvalue weighted by Crippen LogP contribution is -2.59. The van der Waals surface area contributed by atoms with E-state index in [1.165, 1.54) is 18.1 Å². The topological polar surface area (TPSA) is 283 Å². The molecular formula is C45H63N5O13. The van der Waals surface area contributed by atoms with Crippen molar-refractivity contribution in [2.24, 2.45) is 34.8 Å². The number of methoxy groups -OCH3 is 1. The first-order valence-electron chi connectivity index (χ1n) is 21.9. The molecule has 3 fully saturated rings. The van der Waals surface area contributed by atoms with Gasteiger partial charge in [0.05, 0.1) is 29.7 Å². The average Bonchev–Trinajstić information content (AvgIpc) is 3.65. The first kappa shape index (κ1) is 50.1. The molecular weight excluding hydrogens is 819 g/mol. The van der Waals surface area contributed by atoms with E-state index in [-0.39, 0.29) is 49.8 Å². The Morgan fingerprint density at radius 1 is 0.937 bits per heavy atom. The number of nitro benzene ring substituents is 1. The zero-order valence-corrected chi connectivity index (χ0v) is 36.7. The molecule has 0 aromatic heterocycles. The van der Waals surface area contributed by atoms with Gasteiger partial charge in [0.25, 0.3) is 5.69 Å². The van der Waals surface area contributed by atoms with Crippen molar-refractivity contribution in [3.8, 4) is 0 Å². The number of nitrogens with one attached hydrogen (secondary N) is 2. The van der Waals surface area contributed by atoms with Crippen molar-refractivity contribution in [3.05, 3.63) is 51.6 Å². The molecule has 4 amide bonds. The summed E-state index contributed by atoms with van der Waals surface area (Å²) in [5.41, 5.74) is 3.27. The summed E-state index contributed by atoms with van der Waals surface area (Å²) in [4.78, 5) is 119. The maximum Gasteiger partial charge on any atom is 0.336 e. The smallest absolute Gasteiger partial charge is 0.336 e. The molecule has 0 bridgehead atoms. The summed E-state index contributed by atoms with van der Waals surface area (Å²) in [5.74, 6) is -8.29. The Morgan fingerprint density at radius 2 is 1.56 bits per heavy atom. The van der Waals surface area contributed by atoms with Crippen molar-refractivity contribution in [3.63, 3.8) is 0 Å². The summed E-state index contributed by atoms with van der Waals surface area (Å²) in [7, 11) is 1.17. The summed E-state index contributed by atoms with van der Waals surface area (Å²) in [6.45, 7) is 4.73. The zero-order chi connectivity index (χ0) is 46.6. The van der Waals surface area contributed by atoms with Gasteiger partial charge >= 0.3 is 11.9 Å². The van der Waals surface area contributed by atoms with Gasteiger partial charge in [-0.1, -0.05) is 65.4 Å². The minimum Gasteiger partial charge on any atom is -0.478 e. The van der Waals surface area contributed by atoms with Gasteiger partial charge in [-0.2, -0.15) is 0 Å². The number of Topliss-reactive ketones (excluding diaryl/α,β-unsaturated/α-hetero) is 2. The number of esters is 1. The summed E-state index contributed by atoms with van der Waals surface area (Å²) in [6, 6.07) is -0.838. The quantitative estimate of drug-likeness (QED) is 0.0404. The van der Waals surface area contributed by atoms with Gasteiger partial charge in [0.2, 0.25) is 23.6 Å². The number of carboxylic acids is 1. The number of ether oxygens (including phenoxy) is 1. The van der Waals surface area contributed by atoms with Gasteiger partial charge in [-0.05, 0) is 61.8 Å². The normalized spacial score (nSPS) is 20.6. The number of nitrogens with zero attached hydrogens (tertiary/aromatic N) is 2. The second kappa shape index (κ2) is 22.7. The molecule has 0 unspecified atom stereocenters. The lowest BCUT2D eigenvalue weighted by atomic mass is 9.75. The number of benzene rings is 1. The van der Waals surface area contributed by atoms with Crippen molar-refractivity contribution in [1.82, 2.24) is 15.5 Å². The number of aliphatic hydroxyl groups is 1. The first-order valence-corrected chi connectivity index (χ1v) is 21.9. The van der Waals surface area contributed by atoms with Crippen LogP contribution >= 0.6 is 0 Å². The van der Waals surface area contributed by atoms with Crippen LogP contribution < -0.4 is 16.4 Å². The Labute approximate surface area is 367 Å². The van der Waals surface area contributed by atoms with Crippen LogP contribution in [-0.2, 0) is 33.5 Å². The highest BCUT2D eigenvalue weighted by molar-refractivity contribution is 6.07. The van der Waals surface area contributed by atoms with E-state index in [9.17, 15) is 58.7 Å². The summed E-state index contributed by atoms with van der Waals surface area (Å²) in [6.07, 6.45) is 9.01. The number of carbonyl (C=O) groups is 8. The van der Waals surface area contributed by atoms with Crippen LogP contribution in [0.25, 0.3) is 0 Å². The minimum atomic E-state index is -1.52. The zero-order valence-electron chi connectivity index (χ0n) is 36.7. The van der Waals surface area contributed by atoms with Crippen molar-refractivity contribution in [1.29, 1.82) is 0 Å². The summed E-state index contributed by atoms with van der Waals surface area (Å²) < 4.78 is 4.61. The molecule has 2 aliphatic carbocycles. The lowest BCUT2D eigenvalue weighted by molar-refractivity contribution is -0.384. The number of nitrogens with two attached hydrogens (primary N) is 1. The summed E-state index contributed by atoms with van der Waals surface area (Å²) >= 11 is 0. The monoisotopic (exact) mass is 881 g/mol. The highest BCUT2D eigenvalue weighted by Crippen LogP contribution is 2.35. The molecule has 3 aliphatic rings. The second-order valence-electron chi connectivity index (χ2n) is 18.3. The molecule has 1 aliphatic heterocycles. The number of hydrogen-bond donors (Lipinski definition) is 5. The van der Waals surface area contributed by atoms with Gasteiger partial charge in [-0.15, -0.1) is 0 Å². The average molecular weight is 882 g/mol. The molecule has 18 heteroatoms. The third-order valence-corrected chi connectivity index (χ3v) is 12.7. The van der Waals surface area contributed by atoms with E-state index in [0.29, 0.717) is 12.8 Å². The van der Waals surface area contributed by atoms with Crippen molar-refractivity contribution >= 4 is 52.8 Å². The largest absolute Gasteiger partial charge is 0.478 e. The number of aromatic carboxylic acids is 1. The number of β-amino-alcohol motifs (C(OH)–C–C–N with tert-alkyl or cyclic N) is 1. The Kier molecular flexibility index (Phi) is 18.1. The van der Waals surface area contributed by atoms with E-state index in [4.69, 9.17) is 5.73 Å². The fourth-order valence-corrected chi connectivity index (χ4v) is 9.21. The number of carbonyl (C=O) groups excluding carboxylic acids is 7. The molecule has 0 radical (unpaired) electrons. The highest BCUT2D eigenvalue weighted by Gasteiger charge is 2.46. The Balaban J connectivity index is 1.60. The number of non-ortho nitro benzene ring substituents is 1. The number of aliphatic hydroxyl groups excluding tert-OH is 1. The van der Waals surface area contributed by atoms with E-state index in [1.54, 1.807) is 20.8 Å². The fraction of sp³-hybridized carbons (Fsp3) is 0.644. The molecule has 4 rings (SSSR count). The first-order chi connectivity index (χ1) is 29.7. The molecule has 346 valence electrons. The van der Waals surface area contributed by atoms with Crippen LogP contribution in [-0.4, -0.2) is 105 Å². The van der Waals surface area contributed by atoms with Crippen LogP contribution in [0.15, 0.2) is 30.4 Å². The number of carboxylic acid groups (broad SMARTS) is 1. The number of likely N-dealkylation sites (tertiary alicyclic amines) is 1. The number of hydrogen-bond acceptors (Lipinski definition) is 12. The van der Waals surface area contributed by atoms with E-state index >= 15 is 0 Å². The maximum absolute atomic E-state index is 14.6. The van der Waals surface area contributed by atoms with Crippen LogP contribution in [0.5, 0.6) is 0 Å². The van der Waals surface area contributed by atoms with Crippen molar-refractivity contribution in [2.75, 3.05) is 13.7 Å². The maximum atomic E-state index is 14.6. The van der Waals surface area contributed by atoms with Gasteiger partial charge < -0.3 is 36.2 Å². The SMILES string of the molecule is COC(=O)/C=C/CC[C@H](CC(=O)c1cc([N+](=O)[O-])ccc1C(=O)O)C(=O)N[C@H](C(=O)N1C[C@H](O)C[C@H]1C(=O)N[C@H](C(=O)C[C@H](C(N)=O)C1CCCCC1)C1CCCCC1)C(C)(C)C. The number of ketones is 2. The Morgan fingerprint density at radius 3 is 2.11 bits per heavy atom. The van der Waals surface area contributed by atoms with Crippen molar-refractivity contribution in [2.45, 2.75) is 141 Å². The number of allylic oxidation sites excluding steroid dienone is 1. The second-order valence-corrected chi connectivity index (χ2v) is 18.3. The third-order valence-electron chi connectivity index (χ3n) is 12.7. The van der Waals surface area contributed by atoms with Gasteiger partial charge in [0.1, 0.15) is 12.1 Å². The molecule has 1 heterocycles. The van der Waals surface area contributed by atoms with Crippen LogP contribution in [0.3, 0.4) is 0 Å². The van der Waals surface area contributed by atoms with Gasteiger partial charge in [0.15, 0.2) is 11.6 Å². The fourth-order valence-electron chi connectivity index (χ4n) is 9.21. The summed E-state index contributed by atoms with van der Waals surface area (Å²) in [5, 5.41) is 37.8. The molecule has 1 saturated heterocycles. The van der Waals surface area contributed by atoms with Crippen LogP contribution in [0.4, 0.5) is 5.69 Å². The third kappa shape index (κ3) is 13.7.